The van der Waals surface area contributed by atoms with Crippen LogP contribution in [0.15, 0.2) is 93.5 Å². The van der Waals surface area contributed by atoms with E-state index in [0.29, 0.717) is 0 Å². The summed E-state index contributed by atoms with van der Waals surface area (Å²) in [4.78, 5) is 8.37. The minimum atomic E-state index is 0.0412. The van der Waals surface area contributed by atoms with Crippen LogP contribution < -0.4 is 15.3 Å². The van der Waals surface area contributed by atoms with Crippen molar-refractivity contribution in [3.63, 3.8) is 0 Å². The number of benzene rings is 3. The highest BCUT2D eigenvalue weighted by Gasteiger charge is 2.39. The minimum Gasteiger partial charge on any atom is -0.378 e. The van der Waals surface area contributed by atoms with Gasteiger partial charge in [-0.15, -0.1) is 22.0 Å². The minimum absolute atomic E-state index is 0.0412. The first kappa shape index (κ1) is 23.8. The average Bonchev–Trinajstić information content (AvgIpc) is 3.49. The Morgan fingerprint density at radius 1 is 0.946 bits per heavy atom. The topological polar surface area (TPSA) is 56.1 Å². The number of thioether (sulfide) groups is 1. The van der Waals surface area contributed by atoms with Gasteiger partial charge in [0.1, 0.15) is 6.04 Å². The van der Waals surface area contributed by atoms with Gasteiger partial charge in [0.15, 0.2) is 5.00 Å². The Labute approximate surface area is 225 Å². The summed E-state index contributed by atoms with van der Waals surface area (Å²) >= 11 is 3.46. The summed E-state index contributed by atoms with van der Waals surface area (Å²) in [6.07, 6.45) is 0. The van der Waals surface area contributed by atoms with Crippen molar-refractivity contribution in [1.82, 2.24) is 10.4 Å². The zero-order chi connectivity index (χ0) is 25.5. The number of aryl methyl sites for hydroxylation is 2. The van der Waals surface area contributed by atoms with Crippen molar-refractivity contribution >= 4 is 50.3 Å². The average molecular weight is 525 g/mol. The highest BCUT2D eigenvalue weighted by Crippen LogP contribution is 2.49. The van der Waals surface area contributed by atoms with Crippen LogP contribution in [-0.2, 0) is 0 Å². The first-order valence-corrected chi connectivity index (χ1v) is 14.0. The van der Waals surface area contributed by atoms with E-state index in [0.717, 1.165) is 27.3 Å². The summed E-state index contributed by atoms with van der Waals surface area (Å²) in [6, 6.07) is 25.6. The molecule has 0 amide bonds. The van der Waals surface area contributed by atoms with Crippen molar-refractivity contribution < 1.29 is 0 Å². The lowest BCUT2D eigenvalue weighted by atomic mass is 9.96. The lowest BCUT2D eigenvalue weighted by Gasteiger charge is -2.26. The number of hydrogen-bond acceptors (Lipinski definition) is 8. The number of azo groups is 1. The molecule has 0 aliphatic carbocycles. The predicted octanol–water partition coefficient (Wildman–Crippen LogP) is 7.82. The first-order chi connectivity index (χ1) is 18.0. The van der Waals surface area contributed by atoms with Gasteiger partial charge in [0.05, 0.1) is 17.1 Å². The number of fused-ring (bicyclic) bond motifs is 2. The van der Waals surface area contributed by atoms with Crippen LogP contribution in [0.2, 0.25) is 0 Å². The fraction of sp³-hybridized carbons (Fsp3) is 0.207. The van der Waals surface area contributed by atoms with E-state index in [9.17, 15) is 0 Å². The van der Waals surface area contributed by atoms with Crippen molar-refractivity contribution in [3.05, 3.63) is 101 Å². The van der Waals surface area contributed by atoms with Crippen LogP contribution in [0.25, 0.3) is 5.70 Å². The molecule has 0 spiro atoms. The quantitative estimate of drug-likeness (QED) is 0.270. The number of hydrogen-bond donors (Lipinski definition) is 1. The largest absolute Gasteiger partial charge is 0.378 e. The molecule has 6 nitrogen and oxygen atoms in total. The standard InChI is InChI=1S/C29H28N6S2/c1-18-9-13-21(14-10-18)31-32-28-19(2)30-29(37-28)35-27(20-11-15-22(16-12-20)34(3)4)24-17-36-25-8-6-5-7-23(25)26(24)33-35/h5-16,27,33H,17H2,1-4H3. The van der Waals surface area contributed by atoms with Gasteiger partial charge in [0.25, 0.3) is 0 Å². The zero-order valence-electron chi connectivity index (χ0n) is 21.3. The third-order valence-electron chi connectivity index (χ3n) is 6.66. The van der Waals surface area contributed by atoms with E-state index in [2.05, 4.69) is 95.1 Å². The normalized spacial score (nSPS) is 16.6. The lowest BCUT2D eigenvalue weighted by Crippen LogP contribution is -2.34. The van der Waals surface area contributed by atoms with Crippen LogP contribution >= 0.6 is 23.1 Å². The van der Waals surface area contributed by atoms with Crippen LogP contribution in [-0.4, -0.2) is 24.8 Å². The number of nitrogens with zero attached hydrogens (tertiary/aromatic N) is 5. The molecule has 2 aliphatic rings. The number of rotatable bonds is 5. The van der Waals surface area contributed by atoms with Gasteiger partial charge in [-0.2, -0.15) is 0 Å². The van der Waals surface area contributed by atoms with E-state index >= 15 is 0 Å². The smallest absolute Gasteiger partial charge is 0.207 e. The number of nitrogens with one attached hydrogen (secondary N) is 1. The van der Waals surface area contributed by atoms with Gasteiger partial charge in [-0.25, -0.2) is 9.99 Å². The zero-order valence-corrected chi connectivity index (χ0v) is 22.9. The Balaban J connectivity index is 1.38. The molecule has 0 saturated heterocycles. The number of hydrazine groups is 1. The van der Waals surface area contributed by atoms with Crippen LogP contribution in [0.4, 0.5) is 21.5 Å². The third-order valence-corrected chi connectivity index (χ3v) is 8.83. The van der Waals surface area contributed by atoms with Crippen molar-refractivity contribution in [2.45, 2.75) is 24.8 Å². The van der Waals surface area contributed by atoms with Gasteiger partial charge in [0.2, 0.25) is 5.13 Å². The van der Waals surface area contributed by atoms with Crippen molar-refractivity contribution in [3.8, 4) is 0 Å². The molecule has 6 rings (SSSR count). The molecule has 1 atom stereocenters. The van der Waals surface area contributed by atoms with E-state index in [-0.39, 0.29) is 6.04 Å². The van der Waals surface area contributed by atoms with Crippen molar-refractivity contribution in [2.24, 2.45) is 10.2 Å². The van der Waals surface area contributed by atoms with E-state index in [1.54, 1.807) is 11.3 Å². The van der Waals surface area contributed by atoms with E-state index in [4.69, 9.17) is 4.98 Å². The molecule has 0 bridgehead atoms. The predicted molar refractivity (Wildman–Crippen MR) is 155 cm³/mol. The molecule has 3 heterocycles. The van der Waals surface area contributed by atoms with E-state index in [1.807, 2.05) is 43.0 Å². The maximum atomic E-state index is 4.94. The molecule has 1 unspecified atom stereocenters. The summed E-state index contributed by atoms with van der Waals surface area (Å²) in [7, 11) is 4.14. The molecule has 0 saturated carbocycles. The summed E-state index contributed by atoms with van der Waals surface area (Å²) in [6.45, 7) is 4.07. The molecule has 4 aromatic rings. The van der Waals surface area contributed by atoms with Gasteiger partial charge < -0.3 is 4.90 Å². The van der Waals surface area contributed by atoms with Gasteiger partial charge in [0, 0.05) is 36.0 Å². The van der Waals surface area contributed by atoms with Gasteiger partial charge >= 0.3 is 0 Å². The Hall–Kier alpha value is -3.62. The van der Waals surface area contributed by atoms with Crippen LogP contribution in [0, 0.1) is 13.8 Å². The molecule has 8 heteroatoms. The monoisotopic (exact) mass is 524 g/mol. The molecule has 186 valence electrons. The fourth-order valence-corrected chi connectivity index (χ4v) is 6.63. The first-order valence-electron chi connectivity index (χ1n) is 12.2. The second-order valence-corrected chi connectivity index (χ2v) is 11.5. The van der Waals surface area contributed by atoms with Crippen LogP contribution in [0.1, 0.15) is 28.4 Å². The second kappa shape index (κ2) is 9.68. The highest BCUT2D eigenvalue weighted by atomic mass is 32.2. The van der Waals surface area contributed by atoms with Gasteiger partial charge in [-0.05, 0) is 55.3 Å². The van der Waals surface area contributed by atoms with Crippen molar-refractivity contribution in [1.29, 1.82) is 0 Å². The number of anilines is 2. The van der Waals surface area contributed by atoms with Gasteiger partial charge in [-0.3, -0.25) is 5.43 Å². The maximum Gasteiger partial charge on any atom is 0.207 e. The second-order valence-electron chi connectivity index (χ2n) is 9.48. The molecule has 3 aromatic carbocycles. The maximum absolute atomic E-state index is 4.94. The molecule has 0 fully saturated rings. The van der Waals surface area contributed by atoms with Crippen molar-refractivity contribution in [2.75, 3.05) is 29.8 Å². The summed E-state index contributed by atoms with van der Waals surface area (Å²) in [5.41, 5.74) is 12.9. The Morgan fingerprint density at radius 3 is 2.46 bits per heavy atom. The van der Waals surface area contributed by atoms with E-state index in [1.165, 1.54) is 38.5 Å². The molecule has 1 aromatic heterocycles. The number of aromatic nitrogens is 1. The summed E-state index contributed by atoms with van der Waals surface area (Å²) < 4.78 is 0. The fourth-order valence-electron chi connectivity index (χ4n) is 4.64. The Bertz CT molecular complexity index is 1500. The third kappa shape index (κ3) is 4.51. The Kier molecular flexibility index (Phi) is 6.22. The summed E-state index contributed by atoms with van der Waals surface area (Å²) in [5.74, 6) is 0.931. The molecular weight excluding hydrogens is 496 g/mol. The van der Waals surface area contributed by atoms with E-state index < -0.39 is 0 Å². The van der Waals surface area contributed by atoms with Crippen LogP contribution in [0.5, 0.6) is 0 Å². The molecule has 2 aliphatic heterocycles. The Morgan fingerprint density at radius 2 is 1.70 bits per heavy atom. The van der Waals surface area contributed by atoms with Gasteiger partial charge in [-0.1, -0.05) is 59.4 Å². The molecule has 1 N–H and O–H groups in total. The number of thiazole rings is 1. The molecule has 0 radical (unpaired) electrons. The van der Waals surface area contributed by atoms with Crippen LogP contribution in [0.3, 0.4) is 0 Å². The SMILES string of the molecule is Cc1ccc(N=Nc2sc(N3NC4=C(CSc5ccccc54)C3c3ccc(N(C)C)cc3)nc2C)cc1. The lowest BCUT2D eigenvalue weighted by molar-refractivity contribution is 0.703. The molecular formula is C29H28N6S2. The molecule has 37 heavy (non-hydrogen) atoms. The highest BCUT2D eigenvalue weighted by molar-refractivity contribution is 7.99. The summed E-state index contributed by atoms with van der Waals surface area (Å²) in [5, 5.41) is 12.9.